The molecule has 1 amide bonds. The topological polar surface area (TPSA) is 105 Å². The van der Waals surface area contributed by atoms with Gasteiger partial charge in [0.2, 0.25) is 5.91 Å². The molecule has 2 fully saturated rings. The second-order valence-corrected chi connectivity index (χ2v) is 9.21. The van der Waals surface area contributed by atoms with Crippen molar-refractivity contribution in [2.75, 3.05) is 18.5 Å². The highest BCUT2D eigenvalue weighted by atomic mass is 35.5. The van der Waals surface area contributed by atoms with Crippen LogP contribution in [-0.2, 0) is 9.53 Å². The van der Waals surface area contributed by atoms with E-state index in [0.29, 0.717) is 35.1 Å². The summed E-state index contributed by atoms with van der Waals surface area (Å²) in [5.74, 6) is 0.00464. The Balaban J connectivity index is 1.28. The van der Waals surface area contributed by atoms with Crippen LogP contribution < -0.4 is 10.6 Å². The first kappa shape index (κ1) is 22.0. The number of fused-ring (bicyclic) bond motifs is 1. The molecular weight excluding hydrogens is 447 g/mol. The van der Waals surface area contributed by atoms with Crippen LogP contribution in [0.1, 0.15) is 38.5 Å². The number of pyridine rings is 1. The highest BCUT2D eigenvalue weighted by molar-refractivity contribution is 6.31. The van der Waals surface area contributed by atoms with Crippen LogP contribution in [0, 0.1) is 11.7 Å². The molecule has 33 heavy (non-hydrogen) atoms. The number of carbonyl (C=O) groups is 1. The zero-order valence-corrected chi connectivity index (χ0v) is 18.9. The lowest BCUT2D eigenvalue weighted by Crippen LogP contribution is -2.45. The molecule has 3 atom stereocenters. The van der Waals surface area contributed by atoms with E-state index >= 15 is 0 Å². The lowest BCUT2D eigenvalue weighted by molar-refractivity contribution is -0.129. The third-order valence-corrected chi connectivity index (χ3v) is 6.58. The number of H-pyrrole nitrogens is 1. The molecule has 0 radical (unpaired) electrons. The molecule has 8 nitrogen and oxygen atoms in total. The zero-order valence-electron chi connectivity index (χ0n) is 18.1. The van der Waals surface area contributed by atoms with Gasteiger partial charge in [0.25, 0.3) is 0 Å². The van der Waals surface area contributed by atoms with Gasteiger partial charge in [-0.05, 0) is 44.6 Å². The number of nitrogens with zero attached hydrogens (tertiary/aromatic N) is 3. The summed E-state index contributed by atoms with van der Waals surface area (Å²) >= 11 is 6.09. The van der Waals surface area contributed by atoms with Gasteiger partial charge in [-0.2, -0.15) is 0 Å². The predicted molar refractivity (Wildman–Crippen MR) is 123 cm³/mol. The van der Waals surface area contributed by atoms with Crippen LogP contribution in [0.2, 0.25) is 5.02 Å². The van der Waals surface area contributed by atoms with E-state index in [1.54, 1.807) is 18.5 Å². The highest BCUT2D eigenvalue weighted by Gasteiger charge is 2.28. The summed E-state index contributed by atoms with van der Waals surface area (Å²) in [5.41, 5.74) is 1.36. The second kappa shape index (κ2) is 9.61. The molecule has 10 heteroatoms. The summed E-state index contributed by atoms with van der Waals surface area (Å²) in [4.78, 5) is 28.5. The number of ether oxygens (including phenoxy) is 1. The second-order valence-electron chi connectivity index (χ2n) is 8.77. The minimum Gasteiger partial charge on any atom is -0.381 e. The van der Waals surface area contributed by atoms with Gasteiger partial charge in [-0.3, -0.25) is 4.79 Å². The Morgan fingerprint density at radius 1 is 1.18 bits per heavy atom. The molecule has 3 N–H and O–H groups in total. The molecule has 1 saturated heterocycles. The van der Waals surface area contributed by atoms with Crippen LogP contribution in [0.3, 0.4) is 0 Å². The molecule has 1 aliphatic carbocycles. The number of rotatable bonds is 5. The number of aromatic nitrogens is 4. The maximum atomic E-state index is 14.6. The summed E-state index contributed by atoms with van der Waals surface area (Å²) in [5, 5.41) is 7.68. The van der Waals surface area contributed by atoms with Crippen molar-refractivity contribution in [1.82, 2.24) is 25.3 Å². The van der Waals surface area contributed by atoms with Gasteiger partial charge in [-0.25, -0.2) is 19.3 Å². The summed E-state index contributed by atoms with van der Waals surface area (Å²) in [7, 11) is 0. The van der Waals surface area contributed by atoms with Gasteiger partial charge in [0.15, 0.2) is 17.5 Å². The van der Waals surface area contributed by atoms with Gasteiger partial charge in [-0.15, -0.1) is 0 Å². The van der Waals surface area contributed by atoms with E-state index in [4.69, 9.17) is 16.3 Å². The highest BCUT2D eigenvalue weighted by Crippen LogP contribution is 2.29. The fraction of sp³-hybridized carbons (Fsp3) is 0.478. The third kappa shape index (κ3) is 4.94. The van der Waals surface area contributed by atoms with Gasteiger partial charge in [0.1, 0.15) is 5.65 Å². The smallest absolute Gasteiger partial charge is 0.225 e. The minimum absolute atomic E-state index is 0.00276. The molecule has 3 aromatic rings. The van der Waals surface area contributed by atoms with Crippen LogP contribution in [0.25, 0.3) is 22.4 Å². The maximum Gasteiger partial charge on any atom is 0.225 e. The molecule has 0 aromatic carbocycles. The molecule has 4 heterocycles. The Bertz CT molecular complexity index is 1150. The first-order valence-electron chi connectivity index (χ1n) is 11.4. The lowest BCUT2D eigenvalue weighted by Gasteiger charge is -2.32. The number of hydrogen-bond acceptors (Lipinski definition) is 6. The van der Waals surface area contributed by atoms with Gasteiger partial charge in [-0.1, -0.05) is 11.6 Å². The van der Waals surface area contributed by atoms with Crippen molar-refractivity contribution < 1.29 is 13.9 Å². The average molecular weight is 473 g/mol. The summed E-state index contributed by atoms with van der Waals surface area (Å²) < 4.78 is 20.0. The first-order chi connectivity index (χ1) is 16.1. The summed E-state index contributed by atoms with van der Waals surface area (Å²) in [6.45, 7) is 1.22. The van der Waals surface area contributed by atoms with E-state index in [1.165, 1.54) is 6.20 Å². The van der Waals surface area contributed by atoms with E-state index < -0.39 is 5.82 Å². The molecule has 1 aliphatic heterocycles. The van der Waals surface area contributed by atoms with Gasteiger partial charge in [0.05, 0.1) is 23.7 Å². The Morgan fingerprint density at radius 3 is 2.91 bits per heavy atom. The number of carbonyl (C=O) groups excluding carboxylic acids is 1. The molecule has 5 rings (SSSR count). The number of anilines is 1. The quantitative estimate of drug-likeness (QED) is 0.517. The van der Waals surface area contributed by atoms with Crippen molar-refractivity contribution in [3.63, 3.8) is 0 Å². The lowest BCUT2D eigenvalue weighted by atomic mass is 9.90. The molecule has 0 spiro atoms. The van der Waals surface area contributed by atoms with E-state index in [-0.39, 0.29) is 29.7 Å². The monoisotopic (exact) mass is 472 g/mol. The van der Waals surface area contributed by atoms with E-state index in [2.05, 4.69) is 30.6 Å². The first-order valence-corrected chi connectivity index (χ1v) is 11.7. The molecule has 1 unspecified atom stereocenters. The Hall–Kier alpha value is -2.78. The van der Waals surface area contributed by atoms with Crippen molar-refractivity contribution in [2.24, 2.45) is 5.92 Å². The molecule has 0 bridgehead atoms. The molecule has 1 saturated carbocycles. The minimum atomic E-state index is -0.514. The molecule has 3 aromatic heterocycles. The van der Waals surface area contributed by atoms with Crippen LogP contribution in [0.4, 0.5) is 10.2 Å². The molecule has 2 aliphatic rings. The Labute approximate surface area is 195 Å². The van der Waals surface area contributed by atoms with E-state index in [1.807, 2.05) is 0 Å². The van der Waals surface area contributed by atoms with Gasteiger partial charge < -0.3 is 20.4 Å². The Morgan fingerprint density at radius 2 is 2.06 bits per heavy atom. The average Bonchev–Trinajstić information content (AvgIpc) is 3.24. The van der Waals surface area contributed by atoms with E-state index in [0.717, 1.165) is 44.1 Å². The normalized spacial score (nSPS) is 23.4. The summed E-state index contributed by atoms with van der Waals surface area (Å²) in [6.07, 6.45) is 9.70. The van der Waals surface area contributed by atoms with Crippen molar-refractivity contribution in [3.8, 4) is 11.4 Å². The van der Waals surface area contributed by atoms with Gasteiger partial charge in [0, 0.05) is 42.0 Å². The SMILES string of the molecule is O=C(N[C@@H]1CCC[C@H](Nc2nc(-c3c[nH]c4ncc(Cl)cc34)ncc2F)C1)C1CCCOC1. The number of hydrogen-bond donors (Lipinski definition) is 3. The van der Waals surface area contributed by atoms with Gasteiger partial charge >= 0.3 is 0 Å². The van der Waals surface area contributed by atoms with Crippen LogP contribution in [-0.4, -0.2) is 51.1 Å². The number of halogens is 2. The zero-order chi connectivity index (χ0) is 22.8. The Kier molecular flexibility index (Phi) is 6.41. The number of amides is 1. The number of nitrogens with one attached hydrogen (secondary N) is 3. The van der Waals surface area contributed by atoms with Crippen molar-refractivity contribution in [2.45, 2.75) is 50.6 Å². The van der Waals surface area contributed by atoms with Crippen molar-refractivity contribution >= 4 is 34.4 Å². The molecular formula is C23H26ClFN6O2. The molecule has 174 valence electrons. The fourth-order valence-corrected chi connectivity index (χ4v) is 4.83. The van der Waals surface area contributed by atoms with Crippen molar-refractivity contribution in [3.05, 3.63) is 35.5 Å². The van der Waals surface area contributed by atoms with E-state index in [9.17, 15) is 9.18 Å². The third-order valence-electron chi connectivity index (χ3n) is 6.38. The largest absolute Gasteiger partial charge is 0.381 e. The number of aromatic amines is 1. The maximum absolute atomic E-state index is 14.6. The standard InChI is InChI=1S/C23H26ClFN6O2/c24-14-7-17-18(10-27-20(17)26-9-14)21-28-11-19(25)22(31-21)29-15-4-1-5-16(8-15)30-23(32)13-3-2-6-33-12-13/h7,9-11,13,15-16H,1-6,8,12H2,(H,26,27)(H,30,32)(H,28,29,31)/t13?,15-,16+/m0/s1. The predicted octanol–water partition coefficient (Wildman–Crippen LogP) is 4.08. The van der Waals surface area contributed by atoms with Crippen LogP contribution in [0.15, 0.2) is 24.7 Å². The van der Waals surface area contributed by atoms with Crippen LogP contribution in [0.5, 0.6) is 0 Å². The van der Waals surface area contributed by atoms with Crippen molar-refractivity contribution in [1.29, 1.82) is 0 Å². The van der Waals surface area contributed by atoms with Crippen LogP contribution >= 0.6 is 11.6 Å². The summed E-state index contributed by atoms with van der Waals surface area (Å²) in [6, 6.07) is 1.83. The fourth-order valence-electron chi connectivity index (χ4n) is 4.67.